The van der Waals surface area contributed by atoms with Crippen LogP contribution in [0.3, 0.4) is 0 Å². The van der Waals surface area contributed by atoms with Crippen LogP contribution in [0.25, 0.3) is 120 Å². The highest BCUT2D eigenvalue weighted by atomic mass is 16.3. The molecule has 10 aromatic carbocycles. The van der Waals surface area contributed by atoms with Gasteiger partial charge in [0.05, 0.1) is 23.2 Å². The smallest absolute Gasteiger partial charge is 0.145 e. The lowest BCUT2D eigenvalue weighted by molar-refractivity contribution is 0.495. The fourth-order valence-electron chi connectivity index (χ4n) is 12.3. The molecule has 2 aliphatic rings. The second-order valence-corrected chi connectivity index (χ2v) is 19.0. The van der Waals surface area contributed by atoms with Crippen molar-refractivity contribution in [2.75, 3.05) is 0 Å². The van der Waals surface area contributed by atoms with Gasteiger partial charge in [0.1, 0.15) is 39.7 Å². The standard InChI is InChI=1S/C64H38N2O3/c1-7-19-41-35(13-1)25-28-52-55(41)58-44-22-10-4-16-38(44)31-47(61(58)67-52)50-34-51(48-32-39-17-5-11-23-45(39)59-56-42-20-8-2-14-36(42)26-29-53(56)68-62(48)59)66-64(65-50)49-33-40-18-6-12-24-46(40)60-57-43-21-9-3-15-37(43)27-30-54(57)69-63(49)60/h1-31,34,48-49H,32-33H2. The van der Waals surface area contributed by atoms with E-state index in [0.717, 1.165) is 106 Å². The Kier molecular flexibility index (Phi) is 7.50. The molecular weight excluding hydrogens is 845 g/mol. The van der Waals surface area contributed by atoms with Crippen molar-refractivity contribution in [2.24, 2.45) is 0 Å². The zero-order valence-electron chi connectivity index (χ0n) is 37.2. The van der Waals surface area contributed by atoms with Crippen molar-refractivity contribution in [1.82, 2.24) is 9.97 Å². The molecule has 0 saturated heterocycles. The van der Waals surface area contributed by atoms with E-state index in [9.17, 15) is 0 Å². The third-order valence-electron chi connectivity index (χ3n) is 15.3. The summed E-state index contributed by atoms with van der Waals surface area (Å²) in [5.41, 5.74) is 13.2. The zero-order chi connectivity index (χ0) is 44.9. The highest BCUT2D eigenvalue weighted by molar-refractivity contribution is 6.28. The van der Waals surface area contributed by atoms with Gasteiger partial charge in [0.2, 0.25) is 0 Å². The largest absolute Gasteiger partial charge is 0.460 e. The SMILES string of the molecule is c1ccc2c(c1)CC(c1cc(-c3cc4ccccc4c4c3oc3ccc5ccccc5c34)nc(C3Cc4ccccc4-c4c3oc3ccc5ccccc5c43)n1)c1oc3ccc4ccccc4c3c1-2. The Bertz CT molecular complexity index is 4340. The number of rotatable bonds is 3. The Labute approximate surface area is 394 Å². The van der Waals surface area contributed by atoms with E-state index in [0.29, 0.717) is 12.2 Å². The molecule has 4 aromatic heterocycles. The van der Waals surface area contributed by atoms with Crippen molar-refractivity contribution in [3.05, 3.63) is 228 Å². The van der Waals surface area contributed by atoms with E-state index in [2.05, 4.69) is 194 Å². The zero-order valence-corrected chi connectivity index (χ0v) is 37.2. The summed E-state index contributed by atoms with van der Waals surface area (Å²) in [5, 5.41) is 13.8. The molecule has 16 rings (SSSR count). The second kappa shape index (κ2) is 13.9. The Morgan fingerprint density at radius 1 is 0.362 bits per heavy atom. The summed E-state index contributed by atoms with van der Waals surface area (Å²) < 4.78 is 21.4. The number of hydrogen-bond donors (Lipinski definition) is 0. The number of hydrogen-bond acceptors (Lipinski definition) is 5. The third kappa shape index (κ3) is 5.24. The van der Waals surface area contributed by atoms with Crippen molar-refractivity contribution < 1.29 is 13.3 Å². The van der Waals surface area contributed by atoms with Crippen molar-refractivity contribution >= 4 is 87.0 Å². The Balaban J connectivity index is 1.01. The summed E-state index contributed by atoms with van der Waals surface area (Å²) in [6, 6.07) is 69.5. The molecule has 14 aromatic rings. The van der Waals surface area contributed by atoms with Gasteiger partial charge in [0.25, 0.3) is 0 Å². The summed E-state index contributed by atoms with van der Waals surface area (Å²) in [5.74, 6) is 2.04. The number of furan rings is 3. The van der Waals surface area contributed by atoms with Gasteiger partial charge < -0.3 is 13.3 Å². The molecule has 0 N–H and O–H groups in total. The molecule has 322 valence electrons. The summed E-state index contributed by atoms with van der Waals surface area (Å²) >= 11 is 0. The van der Waals surface area contributed by atoms with Crippen LogP contribution in [0.1, 0.15) is 46.0 Å². The van der Waals surface area contributed by atoms with Crippen LogP contribution in [-0.2, 0) is 12.8 Å². The first-order valence-corrected chi connectivity index (χ1v) is 23.9. The minimum atomic E-state index is -0.287. The quantitative estimate of drug-likeness (QED) is 0.177. The molecule has 4 heterocycles. The van der Waals surface area contributed by atoms with E-state index in [4.69, 9.17) is 23.2 Å². The number of aromatic nitrogens is 2. The molecule has 0 amide bonds. The van der Waals surface area contributed by atoms with Gasteiger partial charge in [-0.25, -0.2) is 9.97 Å². The van der Waals surface area contributed by atoms with Crippen molar-refractivity contribution in [3.8, 4) is 33.5 Å². The lowest BCUT2D eigenvalue weighted by Gasteiger charge is -2.27. The first-order chi connectivity index (χ1) is 34.2. The molecule has 0 radical (unpaired) electrons. The summed E-state index contributed by atoms with van der Waals surface area (Å²) in [4.78, 5) is 11.5. The fourth-order valence-corrected chi connectivity index (χ4v) is 12.3. The molecule has 2 aliphatic carbocycles. The van der Waals surface area contributed by atoms with E-state index in [1.165, 1.54) is 49.2 Å². The molecule has 0 saturated carbocycles. The number of fused-ring (bicyclic) bond motifs is 21. The van der Waals surface area contributed by atoms with Crippen molar-refractivity contribution in [3.63, 3.8) is 0 Å². The van der Waals surface area contributed by atoms with Crippen LogP contribution in [0.2, 0.25) is 0 Å². The number of benzene rings is 10. The van der Waals surface area contributed by atoms with Crippen LogP contribution in [0.5, 0.6) is 0 Å². The predicted octanol–water partition coefficient (Wildman–Crippen LogP) is 16.9. The minimum absolute atomic E-state index is 0.216. The van der Waals surface area contributed by atoms with Crippen LogP contribution < -0.4 is 0 Å². The molecular formula is C64H38N2O3. The molecule has 2 unspecified atom stereocenters. The Morgan fingerprint density at radius 2 is 0.826 bits per heavy atom. The van der Waals surface area contributed by atoms with Gasteiger partial charge in [-0.05, 0) is 109 Å². The van der Waals surface area contributed by atoms with Crippen LogP contribution in [0.4, 0.5) is 0 Å². The number of nitrogens with zero attached hydrogens (tertiary/aromatic N) is 2. The summed E-state index contributed by atoms with van der Waals surface area (Å²) in [6.07, 6.45) is 1.40. The van der Waals surface area contributed by atoms with Gasteiger partial charge in [0.15, 0.2) is 0 Å². The first-order valence-electron chi connectivity index (χ1n) is 23.9. The average Bonchev–Trinajstić information content (AvgIpc) is 4.13. The molecule has 5 nitrogen and oxygen atoms in total. The molecule has 0 aliphatic heterocycles. The van der Waals surface area contributed by atoms with Crippen molar-refractivity contribution in [1.29, 1.82) is 0 Å². The van der Waals surface area contributed by atoms with E-state index in [1.54, 1.807) is 0 Å². The van der Waals surface area contributed by atoms with Gasteiger partial charge in [-0.1, -0.05) is 164 Å². The van der Waals surface area contributed by atoms with Gasteiger partial charge >= 0.3 is 0 Å². The lowest BCUT2D eigenvalue weighted by Crippen LogP contribution is -2.18. The van der Waals surface area contributed by atoms with Gasteiger partial charge in [-0.15, -0.1) is 0 Å². The van der Waals surface area contributed by atoms with Crippen LogP contribution in [0.15, 0.2) is 207 Å². The first kappa shape index (κ1) is 37.3. The molecule has 0 spiro atoms. The van der Waals surface area contributed by atoms with Gasteiger partial charge in [-0.3, -0.25) is 0 Å². The monoisotopic (exact) mass is 882 g/mol. The van der Waals surface area contributed by atoms with E-state index in [-0.39, 0.29) is 11.8 Å². The Hall–Kier alpha value is -8.80. The topological polar surface area (TPSA) is 65.2 Å². The average molecular weight is 883 g/mol. The molecule has 0 bridgehead atoms. The maximum atomic E-state index is 7.15. The fraction of sp³-hybridized carbons (Fsp3) is 0.0625. The van der Waals surface area contributed by atoms with Gasteiger partial charge in [-0.2, -0.15) is 0 Å². The third-order valence-corrected chi connectivity index (χ3v) is 15.3. The normalized spacial score (nSPS) is 15.4. The highest BCUT2D eigenvalue weighted by Crippen LogP contribution is 2.53. The van der Waals surface area contributed by atoms with Crippen LogP contribution in [-0.4, -0.2) is 9.97 Å². The van der Waals surface area contributed by atoms with Crippen molar-refractivity contribution in [2.45, 2.75) is 24.7 Å². The molecule has 2 atom stereocenters. The highest BCUT2D eigenvalue weighted by Gasteiger charge is 2.38. The molecule has 69 heavy (non-hydrogen) atoms. The maximum absolute atomic E-state index is 7.15. The van der Waals surface area contributed by atoms with E-state index >= 15 is 0 Å². The minimum Gasteiger partial charge on any atom is -0.460 e. The van der Waals surface area contributed by atoms with Crippen LogP contribution >= 0.6 is 0 Å². The van der Waals surface area contributed by atoms with Crippen LogP contribution in [0, 0.1) is 0 Å². The molecule has 0 fully saturated rings. The molecule has 5 heteroatoms. The van der Waals surface area contributed by atoms with Gasteiger partial charge in [0, 0.05) is 38.2 Å². The maximum Gasteiger partial charge on any atom is 0.145 e. The van der Waals surface area contributed by atoms with E-state index in [1.807, 2.05) is 0 Å². The summed E-state index contributed by atoms with van der Waals surface area (Å²) in [6.45, 7) is 0. The summed E-state index contributed by atoms with van der Waals surface area (Å²) in [7, 11) is 0. The Morgan fingerprint density at radius 3 is 1.42 bits per heavy atom. The lowest BCUT2D eigenvalue weighted by atomic mass is 9.79. The second-order valence-electron chi connectivity index (χ2n) is 19.0. The predicted molar refractivity (Wildman–Crippen MR) is 279 cm³/mol. The van der Waals surface area contributed by atoms with E-state index < -0.39 is 0 Å².